The zero-order valence-electron chi connectivity index (χ0n) is 8.44. The van der Waals surface area contributed by atoms with Gasteiger partial charge in [-0.25, -0.2) is 0 Å². The zero-order chi connectivity index (χ0) is 11.8. The minimum absolute atomic E-state index is 0.00531. The lowest BCUT2D eigenvalue weighted by Gasteiger charge is -2.07. The van der Waals surface area contributed by atoms with Crippen molar-refractivity contribution in [2.75, 3.05) is 5.32 Å². The Labute approximate surface area is 93.7 Å². The number of nitrogens with one attached hydrogen (secondary N) is 1. The number of para-hydroxylation sites is 1. The van der Waals surface area contributed by atoms with E-state index in [1.807, 2.05) is 24.3 Å². The van der Waals surface area contributed by atoms with Gasteiger partial charge in [0.1, 0.15) is 17.7 Å². The maximum atomic E-state index is 8.72. The SMILES string of the molecule is N#CCC(Nc1ccccc1)=C(C#N)C#N. The predicted octanol–water partition coefficient (Wildman–Crippen LogP) is 2.31. The van der Waals surface area contributed by atoms with Crippen LogP contribution in [0.2, 0.25) is 0 Å². The highest BCUT2D eigenvalue weighted by atomic mass is 14.9. The lowest BCUT2D eigenvalue weighted by Crippen LogP contribution is -2.01. The van der Waals surface area contributed by atoms with Crippen LogP contribution in [0.4, 0.5) is 5.69 Å². The van der Waals surface area contributed by atoms with Crippen molar-refractivity contribution in [1.29, 1.82) is 15.8 Å². The summed E-state index contributed by atoms with van der Waals surface area (Å²) >= 11 is 0. The molecule has 0 aromatic heterocycles. The van der Waals surface area contributed by atoms with Gasteiger partial charge in [0.25, 0.3) is 0 Å². The molecule has 0 heterocycles. The standard InChI is InChI=1S/C12H8N4/c13-7-6-12(10(8-14)9-15)16-11-4-2-1-3-5-11/h1-5,16H,6H2. The minimum Gasteiger partial charge on any atom is -0.356 e. The van der Waals surface area contributed by atoms with E-state index >= 15 is 0 Å². The lowest BCUT2D eigenvalue weighted by molar-refractivity contribution is 1.19. The van der Waals surface area contributed by atoms with Crippen LogP contribution in [0, 0.1) is 34.0 Å². The molecule has 4 heteroatoms. The summed E-state index contributed by atoms with van der Waals surface area (Å²) < 4.78 is 0. The van der Waals surface area contributed by atoms with Gasteiger partial charge in [0.2, 0.25) is 0 Å². The maximum absolute atomic E-state index is 8.72. The summed E-state index contributed by atoms with van der Waals surface area (Å²) in [5.41, 5.74) is 1.01. The third kappa shape index (κ3) is 2.87. The Kier molecular flexibility index (Phi) is 4.14. The molecule has 0 radical (unpaired) electrons. The van der Waals surface area contributed by atoms with E-state index in [0.717, 1.165) is 5.69 Å². The zero-order valence-corrected chi connectivity index (χ0v) is 8.44. The molecule has 0 atom stereocenters. The summed E-state index contributed by atoms with van der Waals surface area (Å²) in [5.74, 6) is 0. The Morgan fingerprint density at radius 1 is 1.06 bits per heavy atom. The van der Waals surface area contributed by atoms with Crippen molar-refractivity contribution in [2.24, 2.45) is 0 Å². The molecule has 16 heavy (non-hydrogen) atoms. The van der Waals surface area contributed by atoms with Crippen LogP contribution in [0.25, 0.3) is 0 Å². The molecule has 4 nitrogen and oxygen atoms in total. The molecular formula is C12H8N4. The first-order valence-electron chi connectivity index (χ1n) is 4.54. The third-order valence-corrected chi connectivity index (χ3v) is 1.85. The van der Waals surface area contributed by atoms with Crippen LogP contribution >= 0.6 is 0 Å². The molecule has 0 saturated heterocycles. The summed E-state index contributed by atoms with van der Waals surface area (Å²) in [4.78, 5) is 0. The first-order valence-corrected chi connectivity index (χ1v) is 4.54. The van der Waals surface area contributed by atoms with Crippen molar-refractivity contribution in [1.82, 2.24) is 0 Å². The highest BCUT2D eigenvalue weighted by Gasteiger charge is 2.05. The highest BCUT2D eigenvalue weighted by molar-refractivity contribution is 5.54. The molecule has 76 valence electrons. The Morgan fingerprint density at radius 3 is 2.19 bits per heavy atom. The molecule has 0 bridgehead atoms. The van der Waals surface area contributed by atoms with E-state index in [1.165, 1.54) is 0 Å². The number of nitriles is 3. The Bertz CT molecular complexity index is 493. The topological polar surface area (TPSA) is 83.4 Å². The van der Waals surface area contributed by atoms with Crippen molar-refractivity contribution in [3.8, 4) is 18.2 Å². The molecule has 1 rings (SSSR count). The van der Waals surface area contributed by atoms with Gasteiger partial charge in [-0.1, -0.05) is 18.2 Å². The normalized spacial score (nSPS) is 8.06. The number of nitrogens with zero attached hydrogens (tertiary/aromatic N) is 3. The average molecular weight is 208 g/mol. The fraction of sp³-hybridized carbons (Fsp3) is 0.0833. The maximum Gasteiger partial charge on any atom is 0.149 e. The molecule has 0 fully saturated rings. The fourth-order valence-corrected chi connectivity index (χ4v) is 1.13. The van der Waals surface area contributed by atoms with E-state index in [-0.39, 0.29) is 12.0 Å². The third-order valence-electron chi connectivity index (χ3n) is 1.85. The van der Waals surface area contributed by atoms with Gasteiger partial charge in [0.05, 0.1) is 18.2 Å². The molecule has 0 unspecified atom stereocenters. The van der Waals surface area contributed by atoms with E-state index in [1.54, 1.807) is 24.3 Å². The van der Waals surface area contributed by atoms with Gasteiger partial charge in [-0.3, -0.25) is 0 Å². The van der Waals surface area contributed by atoms with Gasteiger partial charge in [-0.2, -0.15) is 15.8 Å². The predicted molar refractivity (Wildman–Crippen MR) is 58.5 cm³/mol. The van der Waals surface area contributed by atoms with Crippen LogP contribution < -0.4 is 5.32 Å². The highest BCUT2D eigenvalue weighted by Crippen LogP contribution is 2.13. The Balaban J connectivity index is 3.00. The molecule has 1 aromatic carbocycles. The summed E-state index contributed by atoms with van der Waals surface area (Å²) in [6, 6.07) is 14.5. The summed E-state index contributed by atoms with van der Waals surface area (Å²) in [5, 5.41) is 28.9. The number of hydrogen-bond acceptors (Lipinski definition) is 4. The largest absolute Gasteiger partial charge is 0.356 e. The van der Waals surface area contributed by atoms with Crippen LogP contribution in [0.1, 0.15) is 6.42 Å². The van der Waals surface area contributed by atoms with Gasteiger partial charge in [-0.15, -0.1) is 0 Å². The smallest absolute Gasteiger partial charge is 0.149 e. The monoisotopic (exact) mass is 208 g/mol. The molecular weight excluding hydrogens is 200 g/mol. The lowest BCUT2D eigenvalue weighted by atomic mass is 10.2. The summed E-state index contributed by atoms with van der Waals surface area (Å²) in [6.45, 7) is 0. The number of allylic oxidation sites excluding steroid dienone is 2. The van der Waals surface area contributed by atoms with Crippen LogP contribution in [0.15, 0.2) is 41.6 Å². The van der Waals surface area contributed by atoms with Crippen molar-refractivity contribution in [3.63, 3.8) is 0 Å². The summed E-state index contributed by atoms with van der Waals surface area (Å²) in [7, 11) is 0. The van der Waals surface area contributed by atoms with Crippen LogP contribution in [-0.4, -0.2) is 0 Å². The molecule has 0 aliphatic carbocycles. The molecule has 1 aromatic rings. The van der Waals surface area contributed by atoms with Gasteiger partial charge in [-0.05, 0) is 12.1 Å². The van der Waals surface area contributed by atoms with Gasteiger partial charge in [0.15, 0.2) is 0 Å². The van der Waals surface area contributed by atoms with E-state index in [4.69, 9.17) is 15.8 Å². The summed E-state index contributed by atoms with van der Waals surface area (Å²) in [6.07, 6.45) is 0.00531. The molecule has 1 N–H and O–H groups in total. The number of hydrogen-bond donors (Lipinski definition) is 1. The van der Waals surface area contributed by atoms with Crippen molar-refractivity contribution in [3.05, 3.63) is 41.6 Å². The second-order valence-electron chi connectivity index (χ2n) is 2.90. The van der Waals surface area contributed by atoms with Crippen molar-refractivity contribution >= 4 is 5.69 Å². The van der Waals surface area contributed by atoms with Crippen LogP contribution in [0.5, 0.6) is 0 Å². The molecule has 0 aliphatic rings. The second kappa shape index (κ2) is 5.86. The Hall–Kier alpha value is -2.77. The van der Waals surface area contributed by atoms with Crippen LogP contribution in [0.3, 0.4) is 0 Å². The van der Waals surface area contributed by atoms with E-state index < -0.39 is 0 Å². The first-order chi connectivity index (χ1) is 7.81. The van der Waals surface area contributed by atoms with E-state index in [2.05, 4.69) is 5.32 Å². The van der Waals surface area contributed by atoms with Crippen LogP contribution in [-0.2, 0) is 0 Å². The van der Waals surface area contributed by atoms with E-state index in [0.29, 0.717) is 5.70 Å². The average Bonchev–Trinajstić information content (AvgIpc) is 2.32. The van der Waals surface area contributed by atoms with Crippen molar-refractivity contribution in [2.45, 2.75) is 6.42 Å². The van der Waals surface area contributed by atoms with Gasteiger partial charge in [0, 0.05) is 5.69 Å². The fourth-order valence-electron chi connectivity index (χ4n) is 1.13. The number of benzene rings is 1. The first kappa shape index (κ1) is 11.3. The van der Waals surface area contributed by atoms with Gasteiger partial charge >= 0.3 is 0 Å². The Morgan fingerprint density at radius 2 is 1.69 bits per heavy atom. The van der Waals surface area contributed by atoms with E-state index in [9.17, 15) is 0 Å². The molecule has 0 saturated carbocycles. The second-order valence-corrected chi connectivity index (χ2v) is 2.90. The number of anilines is 1. The minimum atomic E-state index is -0.0644. The quantitative estimate of drug-likeness (QED) is 0.772. The molecule has 0 spiro atoms. The molecule has 0 aliphatic heterocycles. The van der Waals surface area contributed by atoms with Crippen molar-refractivity contribution < 1.29 is 0 Å². The number of rotatable bonds is 3. The molecule has 0 amide bonds. The van der Waals surface area contributed by atoms with Gasteiger partial charge < -0.3 is 5.32 Å².